The number of quaternary nitrogens is 1. The van der Waals surface area contributed by atoms with Crippen LogP contribution in [0.3, 0.4) is 0 Å². The third-order valence-electron chi connectivity index (χ3n) is 5.19. The van der Waals surface area contributed by atoms with Crippen LogP contribution in [0.2, 0.25) is 10.2 Å². The molecule has 1 aromatic carbocycles. The van der Waals surface area contributed by atoms with E-state index in [1.807, 2.05) is 4.90 Å². The van der Waals surface area contributed by atoms with Crippen LogP contribution >= 0.6 is 23.2 Å². The minimum Gasteiger partial charge on any atom is -0.595 e. The number of benzene rings is 1. The van der Waals surface area contributed by atoms with Crippen molar-refractivity contribution in [2.24, 2.45) is 0 Å². The van der Waals surface area contributed by atoms with Crippen LogP contribution in [-0.4, -0.2) is 52.3 Å². The van der Waals surface area contributed by atoms with Gasteiger partial charge in [0.25, 0.3) is 5.91 Å². The van der Waals surface area contributed by atoms with Gasteiger partial charge in [0.05, 0.1) is 10.7 Å². The molecule has 0 radical (unpaired) electrons. The molecule has 2 N–H and O–H groups in total. The second-order valence-electron chi connectivity index (χ2n) is 7.05. The van der Waals surface area contributed by atoms with Gasteiger partial charge in [-0.25, -0.2) is 10.2 Å². The minimum absolute atomic E-state index is 0.132. The summed E-state index contributed by atoms with van der Waals surface area (Å²) in [5, 5.41) is 23.8. The van der Waals surface area contributed by atoms with Crippen LogP contribution in [-0.2, 0) is 0 Å². The predicted octanol–water partition coefficient (Wildman–Crippen LogP) is 2.72. The highest BCUT2D eigenvalue weighted by atomic mass is 35.5. The number of rotatable bonds is 4. The molecule has 1 fully saturated rings. The first-order chi connectivity index (χ1) is 14.9. The lowest BCUT2D eigenvalue weighted by Crippen LogP contribution is -2.99. The van der Waals surface area contributed by atoms with E-state index < -0.39 is 5.23 Å². The molecule has 0 spiro atoms. The highest BCUT2D eigenvalue weighted by molar-refractivity contribution is 6.33. The summed E-state index contributed by atoms with van der Waals surface area (Å²) in [5.74, 6) is 0.218. The summed E-state index contributed by atoms with van der Waals surface area (Å²) in [5.41, 5.74) is 2.14. The molecule has 9 nitrogen and oxygen atoms in total. The maximum Gasteiger partial charge on any atom is 0.259 e. The first kappa shape index (κ1) is 21.5. The molecule has 1 aliphatic heterocycles. The molecule has 4 rings (SSSR count). The molecular weight excluding hydrogens is 445 g/mol. The van der Waals surface area contributed by atoms with Crippen LogP contribution in [0.5, 0.6) is 0 Å². The van der Waals surface area contributed by atoms with Crippen molar-refractivity contribution >= 4 is 40.5 Å². The normalized spacial score (nSPS) is 15.3. The Hall–Kier alpha value is -2.69. The first-order valence-corrected chi connectivity index (χ1v) is 10.3. The van der Waals surface area contributed by atoms with Crippen LogP contribution in [0.25, 0.3) is 11.3 Å². The van der Waals surface area contributed by atoms with Gasteiger partial charge in [-0.15, -0.1) is 0 Å². The molecule has 1 aliphatic rings. The van der Waals surface area contributed by atoms with Gasteiger partial charge in [-0.05, 0) is 25.1 Å². The van der Waals surface area contributed by atoms with E-state index in [1.165, 1.54) is 12.1 Å². The fraction of sp³-hybridized carbons (Fsp3) is 0.250. The molecule has 1 amide bonds. The number of aromatic nitrogens is 2. The number of anilines is 1. The van der Waals surface area contributed by atoms with E-state index in [4.69, 9.17) is 32.9 Å². The minimum atomic E-state index is -1.03. The van der Waals surface area contributed by atoms with Gasteiger partial charge in [0, 0.05) is 50.1 Å². The Morgan fingerprint density at radius 1 is 1.23 bits per heavy atom. The number of amides is 1. The lowest BCUT2D eigenvalue weighted by atomic mass is 10.1. The number of carbonyl (C=O) groups is 1. The maximum atomic E-state index is 13.3. The number of pyridine rings is 1. The van der Waals surface area contributed by atoms with Gasteiger partial charge < -0.3 is 19.5 Å². The number of aryl methyl sites for hydroxylation is 1. The molecule has 11 heteroatoms. The van der Waals surface area contributed by atoms with Gasteiger partial charge >= 0.3 is 0 Å². The quantitative estimate of drug-likeness (QED) is 0.451. The first-order valence-electron chi connectivity index (χ1n) is 9.51. The van der Waals surface area contributed by atoms with Crippen LogP contribution in [0.4, 0.5) is 11.4 Å². The predicted molar refractivity (Wildman–Crippen MR) is 115 cm³/mol. The van der Waals surface area contributed by atoms with E-state index in [1.54, 1.807) is 36.2 Å². The second-order valence-corrected chi connectivity index (χ2v) is 7.82. The zero-order valence-electron chi connectivity index (χ0n) is 16.5. The van der Waals surface area contributed by atoms with Crippen molar-refractivity contribution in [3.63, 3.8) is 0 Å². The summed E-state index contributed by atoms with van der Waals surface area (Å²) in [6.45, 7) is 3.70. The largest absolute Gasteiger partial charge is 0.595 e. The van der Waals surface area contributed by atoms with Crippen molar-refractivity contribution in [3.05, 3.63) is 63.2 Å². The molecule has 162 valence electrons. The SMILES string of the molecule is Cc1onc(-c2cccnc2Cl)c1C(=O)N1CCN(c2ccc([NH+]([O-])O)cc2Cl)CC1. The number of hydrogen-bond acceptors (Lipinski definition) is 7. The van der Waals surface area contributed by atoms with Crippen LogP contribution < -0.4 is 10.1 Å². The Balaban J connectivity index is 1.51. The van der Waals surface area contributed by atoms with Crippen molar-refractivity contribution in [1.29, 1.82) is 0 Å². The van der Waals surface area contributed by atoms with Crippen molar-refractivity contribution in [2.45, 2.75) is 6.92 Å². The van der Waals surface area contributed by atoms with Crippen molar-refractivity contribution < 1.29 is 19.8 Å². The van der Waals surface area contributed by atoms with Gasteiger partial charge in [-0.2, -0.15) is 5.23 Å². The molecule has 0 saturated carbocycles. The summed E-state index contributed by atoms with van der Waals surface area (Å²) in [6.07, 6.45) is 1.56. The van der Waals surface area contributed by atoms with Crippen LogP contribution in [0.15, 0.2) is 41.1 Å². The third kappa shape index (κ3) is 4.23. The van der Waals surface area contributed by atoms with Crippen LogP contribution in [0, 0.1) is 12.1 Å². The molecule has 2 aromatic heterocycles. The number of piperazine rings is 1. The Labute approximate surface area is 187 Å². The number of nitrogens with zero attached hydrogens (tertiary/aromatic N) is 4. The number of carbonyl (C=O) groups excluding carboxylic acids is 1. The topological polar surface area (TPSA) is 110 Å². The molecular formula is C20H19Cl2N5O4. The molecule has 1 saturated heterocycles. The zero-order valence-corrected chi connectivity index (χ0v) is 18.0. The summed E-state index contributed by atoms with van der Waals surface area (Å²) < 4.78 is 5.29. The van der Waals surface area contributed by atoms with Crippen molar-refractivity contribution in [2.75, 3.05) is 31.1 Å². The Kier molecular flexibility index (Phi) is 6.12. The molecule has 1 unspecified atom stereocenters. The number of halogens is 2. The third-order valence-corrected chi connectivity index (χ3v) is 5.80. The zero-order chi connectivity index (χ0) is 22.1. The monoisotopic (exact) mass is 463 g/mol. The Morgan fingerprint density at radius 2 is 1.97 bits per heavy atom. The van der Waals surface area contributed by atoms with E-state index in [2.05, 4.69) is 10.1 Å². The van der Waals surface area contributed by atoms with E-state index in [0.29, 0.717) is 53.8 Å². The standard InChI is InChI=1S/C20H19Cl2N5O4/c1-12-17(18(24-31-12)14-3-2-6-23-19(14)22)20(28)26-9-7-25(8-10-26)16-5-4-13(27(29)30)11-15(16)21/h2-6,11,27,29H,7-10H2,1H3. The summed E-state index contributed by atoms with van der Waals surface area (Å²) in [7, 11) is 0. The maximum absolute atomic E-state index is 13.3. The Morgan fingerprint density at radius 3 is 2.61 bits per heavy atom. The molecule has 3 aromatic rings. The lowest BCUT2D eigenvalue weighted by Gasteiger charge is -2.36. The fourth-order valence-electron chi connectivity index (χ4n) is 3.58. The van der Waals surface area contributed by atoms with Gasteiger partial charge in [0.2, 0.25) is 0 Å². The lowest BCUT2D eigenvalue weighted by molar-refractivity contribution is -0.991. The summed E-state index contributed by atoms with van der Waals surface area (Å²) in [6, 6.07) is 8.10. The fourth-order valence-corrected chi connectivity index (χ4v) is 4.08. The molecule has 1 atom stereocenters. The summed E-state index contributed by atoms with van der Waals surface area (Å²) in [4.78, 5) is 21.1. The summed E-state index contributed by atoms with van der Waals surface area (Å²) >= 11 is 12.5. The highest BCUT2D eigenvalue weighted by Gasteiger charge is 2.30. The molecule has 0 aliphatic carbocycles. The van der Waals surface area contributed by atoms with Crippen LogP contribution in [0.1, 0.15) is 16.1 Å². The van der Waals surface area contributed by atoms with E-state index in [-0.39, 0.29) is 16.7 Å². The molecule has 31 heavy (non-hydrogen) atoms. The Bertz CT molecular complexity index is 1110. The van der Waals surface area contributed by atoms with E-state index in [0.717, 1.165) is 5.69 Å². The van der Waals surface area contributed by atoms with Gasteiger partial charge in [-0.3, -0.25) is 4.79 Å². The number of nitrogens with one attached hydrogen (secondary N) is 1. The van der Waals surface area contributed by atoms with Gasteiger partial charge in [-0.1, -0.05) is 28.4 Å². The second kappa shape index (κ2) is 8.81. The van der Waals surface area contributed by atoms with E-state index >= 15 is 0 Å². The molecule has 0 bridgehead atoms. The average molecular weight is 464 g/mol. The van der Waals surface area contributed by atoms with Gasteiger partial charge in [0.1, 0.15) is 22.2 Å². The number of hydrogen-bond donors (Lipinski definition) is 2. The van der Waals surface area contributed by atoms with Gasteiger partial charge in [0.15, 0.2) is 5.69 Å². The van der Waals surface area contributed by atoms with E-state index in [9.17, 15) is 10.0 Å². The van der Waals surface area contributed by atoms with Crippen molar-refractivity contribution in [1.82, 2.24) is 15.0 Å². The molecule has 3 heterocycles. The highest BCUT2D eigenvalue weighted by Crippen LogP contribution is 2.32. The van der Waals surface area contributed by atoms with Crippen molar-refractivity contribution in [3.8, 4) is 11.3 Å². The average Bonchev–Trinajstić information content (AvgIpc) is 3.14. The smallest absolute Gasteiger partial charge is 0.259 e.